The van der Waals surface area contributed by atoms with Crippen molar-refractivity contribution < 1.29 is 14.1 Å². The smallest absolute Gasteiger partial charge is 0.273 e. The van der Waals surface area contributed by atoms with Gasteiger partial charge in [-0.15, -0.1) is 0 Å². The van der Waals surface area contributed by atoms with Crippen LogP contribution in [0.2, 0.25) is 0 Å². The summed E-state index contributed by atoms with van der Waals surface area (Å²) >= 11 is 0. The second-order valence-electron chi connectivity index (χ2n) is 10.3. The number of benzene rings is 1. The van der Waals surface area contributed by atoms with Gasteiger partial charge in [-0.25, -0.2) is 0 Å². The zero-order valence-corrected chi connectivity index (χ0v) is 17.4. The highest BCUT2D eigenvalue weighted by Gasteiger charge is 2.51. The standard InChI is InChI=1S/C25H30N2O3/c28-24(26-25-13-16-9-17(14-25)11-18(10-16)15-25)22-12-23(30-27-22)19-5-7-21(8-6-19)29-20-3-1-2-4-20/h5-8,12,16-18,20H,1-4,9-11,13-15H2,(H,26,28). The van der Waals surface area contributed by atoms with Crippen LogP contribution in [0.25, 0.3) is 11.3 Å². The molecule has 1 heterocycles. The van der Waals surface area contributed by atoms with Crippen molar-refractivity contribution in [3.8, 4) is 17.1 Å². The van der Waals surface area contributed by atoms with Gasteiger partial charge in [-0.1, -0.05) is 5.16 Å². The Hall–Kier alpha value is -2.30. The SMILES string of the molecule is O=C(NC12CC3CC(CC(C3)C1)C2)c1cc(-c2ccc(OC3CCCC3)cc2)on1. The number of nitrogens with one attached hydrogen (secondary N) is 1. The average Bonchev–Trinajstić information content (AvgIpc) is 3.39. The van der Waals surface area contributed by atoms with E-state index in [-0.39, 0.29) is 11.4 Å². The molecule has 5 saturated carbocycles. The van der Waals surface area contributed by atoms with Crippen molar-refractivity contribution in [2.45, 2.75) is 75.9 Å². The molecule has 1 aromatic heterocycles. The summed E-state index contributed by atoms with van der Waals surface area (Å²) in [6.07, 6.45) is 12.7. The highest BCUT2D eigenvalue weighted by atomic mass is 16.5. The van der Waals surface area contributed by atoms with Crippen LogP contribution in [-0.2, 0) is 0 Å². The van der Waals surface area contributed by atoms with E-state index in [0.717, 1.165) is 61.2 Å². The summed E-state index contributed by atoms with van der Waals surface area (Å²) in [6.45, 7) is 0. The molecule has 5 aliphatic carbocycles. The van der Waals surface area contributed by atoms with Crippen molar-refractivity contribution >= 4 is 5.91 Å². The first kappa shape index (κ1) is 18.5. The predicted octanol–water partition coefficient (Wildman–Crippen LogP) is 5.36. The van der Waals surface area contributed by atoms with E-state index in [9.17, 15) is 4.79 Å². The van der Waals surface area contributed by atoms with Crippen LogP contribution in [0.5, 0.6) is 5.75 Å². The third kappa shape index (κ3) is 3.42. The first-order chi connectivity index (χ1) is 14.6. The molecule has 1 N–H and O–H groups in total. The largest absolute Gasteiger partial charge is 0.490 e. The minimum Gasteiger partial charge on any atom is -0.490 e. The molecule has 5 heteroatoms. The molecular weight excluding hydrogens is 376 g/mol. The molecule has 2 aromatic rings. The number of rotatable bonds is 5. The maximum atomic E-state index is 13.0. The normalized spacial score (nSPS) is 32.5. The summed E-state index contributed by atoms with van der Waals surface area (Å²) in [5.41, 5.74) is 1.28. The van der Waals surface area contributed by atoms with E-state index < -0.39 is 0 Å². The molecule has 158 valence electrons. The summed E-state index contributed by atoms with van der Waals surface area (Å²) in [6, 6.07) is 9.68. The summed E-state index contributed by atoms with van der Waals surface area (Å²) in [4.78, 5) is 13.0. The van der Waals surface area contributed by atoms with Crippen molar-refractivity contribution in [2.24, 2.45) is 17.8 Å². The number of carbonyl (C=O) groups excluding carboxylic acids is 1. The topological polar surface area (TPSA) is 64.4 Å². The Labute approximate surface area is 177 Å². The first-order valence-electron chi connectivity index (χ1n) is 11.7. The molecule has 30 heavy (non-hydrogen) atoms. The second-order valence-corrected chi connectivity index (χ2v) is 10.3. The molecule has 5 nitrogen and oxygen atoms in total. The van der Waals surface area contributed by atoms with Crippen molar-refractivity contribution in [3.05, 3.63) is 36.0 Å². The van der Waals surface area contributed by atoms with E-state index in [0.29, 0.717) is 17.6 Å². The van der Waals surface area contributed by atoms with E-state index in [2.05, 4.69) is 10.5 Å². The number of aromatic nitrogens is 1. The lowest BCUT2D eigenvalue weighted by molar-refractivity contribution is -0.0168. The van der Waals surface area contributed by atoms with E-state index in [4.69, 9.17) is 9.26 Å². The molecule has 0 atom stereocenters. The number of carbonyl (C=O) groups is 1. The Morgan fingerprint density at radius 2 is 1.63 bits per heavy atom. The lowest BCUT2D eigenvalue weighted by Gasteiger charge is -2.56. The molecule has 1 amide bonds. The highest BCUT2D eigenvalue weighted by molar-refractivity contribution is 5.93. The summed E-state index contributed by atoms with van der Waals surface area (Å²) in [5.74, 6) is 3.83. The zero-order chi connectivity index (χ0) is 20.1. The minimum absolute atomic E-state index is 0.00975. The van der Waals surface area contributed by atoms with E-state index >= 15 is 0 Å². The Morgan fingerprint density at radius 3 is 2.27 bits per heavy atom. The van der Waals surface area contributed by atoms with Gasteiger partial charge in [0.1, 0.15) is 5.75 Å². The molecular formula is C25H30N2O3. The van der Waals surface area contributed by atoms with E-state index in [1.807, 2.05) is 24.3 Å². The van der Waals surface area contributed by atoms with Crippen LogP contribution < -0.4 is 10.1 Å². The monoisotopic (exact) mass is 406 g/mol. The number of hydrogen-bond donors (Lipinski definition) is 1. The van der Waals surface area contributed by atoms with Gasteiger partial charge in [0, 0.05) is 17.2 Å². The molecule has 5 fully saturated rings. The van der Waals surface area contributed by atoms with E-state index in [1.54, 1.807) is 6.07 Å². The maximum Gasteiger partial charge on any atom is 0.273 e. The quantitative estimate of drug-likeness (QED) is 0.726. The Morgan fingerprint density at radius 1 is 1.00 bits per heavy atom. The Bertz CT molecular complexity index is 891. The molecule has 5 aliphatic rings. The third-order valence-electron chi connectivity index (χ3n) is 7.90. The molecule has 4 bridgehead atoms. The average molecular weight is 407 g/mol. The van der Waals surface area contributed by atoms with Crippen LogP contribution in [0.1, 0.15) is 74.7 Å². The predicted molar refractivity (Wildman–Crippen MR) is 113 cm³/mol. The fourth-order valence-electron chi connectivity index (χ4n) is 6.98. The summed E-state index contributed by atoms with van der Waals surface area (Å²) < 4.78 is 11.5. The summed E-state index contributed by atoms with van der Waals surface area (Å²) in [5, 5.41) is 7.45. The molecule has 0 spiro atoms. The van der Waals surface area contributed by atoms with Gasteiger partial charge in [0.05, 0.1) is 6.10 Å². The van der Waals surface area contributed by atoms with Crippen molar-refractivity contribution in [1.29, 1.82) is 0 Å². The molecule has 0 unspecified atom stereocenters. The van der Waals surface area contributed by atoms with Crippen LogP contribution in [0.15, 0.2) is 34.9 Å². The highest BCUT2D eigenvalue weighted by Crippen LogP contribution is 2.55. The van der Waals surface area contributed by atoms with Gasteiger partial charge in [-0.2, -0.15) is 0 Å². The van der Waals surface area contributed by atoms with Crippen LogP contribution >= 0.6 is 0 Å². The van der Waals surface area contributed by atoms with Crippen molar-refractivity contribution in [2.75, 3.05) is 0 Å². The Kier molecular flexibility index (Phi) is 4.39. The lowest BCUT2D eigenvalue weighted by Crippen LogP contribution is -2.59. The van der Waals surface area contributed by atoms with Crippen LogP contribution in [0.3, 0.4) is 0 Å². The van der Waals surface area contributed by atoms with Crippen LogP contribution in [0.4, 0.5) is 0 Å². The Balaban J connectivity index is 1.13. The fraction of sp³-hybridized carbons (Fsp3) is 0.600. The van der Waals surface area contributed by atoms with Crippen LogP contribution in [0, 0.1) is 17.8 Å². The molecule has 1 aromatic carbocycles. The molecule has 0 saturated heterocycles. The zero-order valence-electron chi connectivity index (χ0n) is 17.4. The van der Waals surface area contributed by atoms with Gasteiger partial charge in [0.15, 0.2) is 11.5 Å². The number of amides is 1. The number of hydrogen-bond acceptors (Lipinski definition) is 4. The van der Waals surface area contributed by atoms with Gasteiger partial charge < -0.3 is 14.6 Å². The fourth-order valence-corrected chi connectivity index (χ4v) is 6.98. The van der Waals surface area contributed by atoms with E-state index in [1.165, 1.54) is 32.1 Å². The van der Waals surface area contributed by atoms with Gasteiger partial charge in [-0.3, -0.25) is 4.79 Å². The second kappa shape index (κ2) is 7.14. The van der Waals surface area contributed by atoms with Crippen molar-refractivity contribution in [1.82, 2.24) is 10.5 Å². The van der Waals surface area contributed by atoms with Crippen molar-refractivity contribution in [3.63, 3.8) is 0 Å². The number of ether oxygens (including phenoxy) is 1. The van der Waals surface area contributed by atoms with Gasteiger partial charge >= 0.3 is 0 Å². The number of nitrogens with zero attached hydrogens (tertiary/aromatic N) is 1. The maximum absolute atomic E-state index is 13.0. The molecule has 0 aliphatic heterocycles. The first-order valence-corrected chi connectivity index (χ1v) is 11.7. The van der Waals surface area contributed by atoms with Gasteiger partial charge in [0.2, 0.25) is 0 Å². The minimum atomic E-state index is -0.0897. The molecule has 7 rings (SSSR count). The van der Waals surface area contributed by atoms with Gasteiger partial charge in [0.25, 0.3) is 5.91 Å². The lowest BCUT2D eigenvalue weighted by atomic mass is 9.53. The van der Waals surface area contributed by atoms with Gasteiger partial charge in [-0.05, 0) is 106 Å². The summed E-state index contributed by atoms with van der Waals surface area (Å²) in [7, 11) is 0. The van der Waals surface area contributed by atoms with Crippen LogP contribution in [-0.4, -0.2) is 22.7 Å². The molecule has 0 radical (unpaired) electrons. The third-order valence-corrected chi connectivity index (χ3v) is 7.90.